The van der Waals surface area contributed by atoms with Crippen LogP contribution in [-0.2, 0) is 6.42 Å². The Balaban J connectivity index is 0.00000324. The van der Waals surface area contributed by atoms with Crippen LogP contribution in [0, 0.1) is 13.8 Å². The van der Waals surface area contributed by atoms with Crippen molar-refractivity contribution in [3.8, 4) is 0 Å². The molecule has 0 radical (unpaired) electrons. The minimum atomic E-state index is 0. The highest BCUT2D eigenvalue weighted by molar-refractivity contribution is 14.0. The molecule has 0 spiro atoms. The van der Waals surface area contributed by atoms with Crippen LogP contribution in [0.2, 0.25) is 0 Å². The molecule has 1 aromatic rings. The average molecular weight is 414 g/mol. The first-order valence-electron chi connectivity index (χ1n) is 6.03. The highest BCUT2D eigenvalue weighted by Gasteiger charge is 2.04. The molecule has 0 aromatic carbocycles. The Morgan fingerprint density at radius 1 is 1.32 bits per heavy atom. The second-order valence-electron chi connectivity index (χ2n) is 3.91. The van der Waals surface area contributed by atoms with Crippen LogP contribution in [-0.4, -0.2) is 43.1 Å². The maximum absolute atomic E-state index is 4.43. The molecule has 1 aromatic heterocycles. The number of thioether (sulfide) groups is 1. The van der Waals surface area contributed by atoms with Gasteiger partial charge in [-0.2, -0.15) is 11.8 Å². The molecule has 0 bridgehead atoms. The van der Waals surface area contributed by atoms with Gasteiger partial charge in [0, 0.05) is 37.2 Å². The average Bonchev–Trinajstić information content (AvgIpc) is 2.66. The van der Waals surface area contributed by atoms with Crippen LogP contribution in [0.25, 0.3) is 0 Å². The van der Waals surface area contributed by atoms with E-state index in [1.807, 2.05) is 11.8 Å². The molecule has 110 valence electrons. The largest absolute Gasteiger partial charge is 0.356 e. The van der Waals surface area contributed by atoms with E-state index in [1.165, 1.54) is 4.88 Å². The van der Waals surface area contributed by atoms with Crippen LogP contribution in [0.4, 0.5) is 0 Å². The first-order chi connectivity index (χ1) is 8.67. The number of halogens is 1. The van der Waals surface area contributed by atoms with Crippen molar-refractivity contribution < 1.29 is 0 Å². The summed E-state index contributed by atoms with van der Waals surface area (Å²) in [6, 6.07) is 0. The lowest BCUT2D eigenvalue weighted by Gasteiger charge is -2.10. The predicted octanol–water partition coefficient (Wildman–Crippen LogP) is 2.45. The van der Waals surface area contributed by atoms with Gasteiger partial charge in [0.1, 0.15) is 0 Å². The van der Waals surface area contributed by atoms with Crippen LogP contribution in [0.15, 0.2) is 4.99 Å². The summed E-state index contributed by atoms with van der Waals surface area (Å²) in [6.07, 6.45) is 3.10. The Kier molecular flexibility index (Phi) is 10.7. The summed E-state index contributed by atoms with van der Waals surface area (Å²) >= 11 is 3.61. The number of nitrogens with one attached hydrogen (secondary N) is 2. The van der Waals surface area contributed by atoms with Crippen molar-refractivity contribution in [1.82, 2.24) is 15.6 Å². The molecule has 0 aliphatic rings. The lowest BCUT2D eigenvalue weighted by Crippen LogP contribution is -2.39. The van der Waals surface area contributed by atoms with Gasteiger partial charge in [-0.3, -0.25) is 4.99 Å². The number of guanidine groups is 1. The number of thiazole rings is 1. The molecule has 2 N–H and O–H groups in total. The summed E-state index contributed by atoms with van der Waals surface area (Å²) in [7, 11) is 1.80. The summed E-state index contributed by atoms with van der Waals surface area (Å²) in [5, 5.41) is 7.75. The zero-order chi connectivity index (χ0) is 13.4. The topological polar surface area (TPSA) is 49.3 Å². The Labute approximate surface area is 141 Å². The standard InChI is InChI=1S/C12H22N4S2.HI/c1-9-11(18-10(2)16-9)5-6-14-12(13-3)15-7-8-17-4;/h5-8H2,1-4H3,(H2,13,14,15);1H. The zero-order valence-electron chi connectivity index (χ0n) is 11.9. The highest BCUT2D eigenvalue weighted by atomic mass is 127. The van der Waals surface area contributed by atoms with Gasteiger partial charge < -0.3 is 10.6 Å². The number of hydrogen-bond acceptors (Lipinski definition) is 4. The third kappa shape index (κ3) is 7.36. The summed E-state index contributed by atoms with van der Waals surface area (Å²) in [5.74, 6) is 1.97. The van der Waals surface area contributed by atoms with E-state index in [0.29, 0.717) is 0 Å². The minimum absolute atomic E-state index is 0. The summed E-state index contributed by atoms with van der Waals surface area (Å²) in [6.45, 7) is 5.96. The van der Waals surface area contributed by atoms with Gasteiger partial charge in [-0.1, -0.05) is 0 Å². The fourth-order valence-corrected chi connectivity index (χ4v) is 2.83. The van der Waals surface area contributed by atoms with Crippen molar-refractivity contribution in [3.63, 3.8) is 0 Å². The van der Waals surface area contributed by atoms with Crippen LogP contribution in [0.5, 0.6) is 0 Å². The van der Waals surface area contributed by atoms with E-state index in [4.69, 9.17) is 0 Å². The monoisotopic (exact) mass is 414 g/mol. The second-order valence-corrected chi connectivity index (χ2v) is 6.18. The van der Waals surface area contributed by atoms with Crippen LogP contribution < -0.4 is 10.6 Å². The van der Waals surface area contributed by atoms with E-state index in [9.17, 15) is 0 Å². The molecule has 0 amide bonds. The molecule has 7 heteroatoms. The molecule has 19 heavy (non-hydrogen) atoms. The third-order valence-corrected chi connectivity index (χ3v) is 4.21. The summed E-state index contributed by atoms with van der Waals surface area (Å²) in [4.78, 5) is 9.98. The smallest absolute Gasteiger partial charge is 0.191 e. The number of rotatable bonds is 6. The van der Waals surface area contributed by atoms with Crippen LogP contribution in [0.1, 0.15) is 15.6 Å². The quantitative estimate of drug-likeness (QED) is 0.325. The molecule has 4 nitrogen and oxygen atoms in total. The SMILES string of the molecule is CN=C(NCCSC)NCCc1sc(C)nc1C.I. The first kappa shape index (κ1) is 19.0. The molecule has 1 rings (SSSR count). The van der Waals surface area contributed by atoms with Gasteiger partial charge in [0.25, 0.3) is 0 Å². The van der Waals surface area contributed by atoms with Crippen molar-refractivity contribution in [1.29, 1.82) is 0 Å². The van der Waals surface area contributed by atoms with Crippen molar-refractivity contribution in [3.05, 3.63) is 15.6 Å². The molecule has 0 aliphatic heterocycles. The summed E-state index contributed by atoms with van der Waals surface area (Å²) in [5.41, 5.74) is 1.16. The normalized spacial score (nSPS) is 11.1. The maximum Gasteiger partial charge on any atom is 0.191 e. The Morgan fingerprint density at radius 3 is 2.53 bits per heavy atom. The van der Waals surface area contributed by atoms with Gasteiger partial charge in [-0.05, 0) is 20.1 Å². The molecule has 0 saturated carbocycles. The fraction of sp³-hybridized carbons (Fsp3) is 0.667. The van der Waals surface area contributed by atoms with E-state index < -0.39 is 0 Å². The lowest BCUT2D eigenvalue weighted by atomic mass is 10.3. The zero-order valence-corrected chi connectivity index (χ0v) is 15.9. The Hall–Kier alpha value is -0.0200. The Bertz CT molecular complexity index is 393. The highest BCUT2D eigenvalue weighted by Crippen LogP contribution is 2.16. The molecule has 0 saturated heterocycles. The predicted molar refractivity (Wildman–Crippen MR) is 98.5 cm³/mol. The van der Waals surface area contributed by atoms with E-state index in [2.05, 4.69) is 40.7 Å². The molecule has 0 aliphatic carbocycles. The van der Waals surface area contributed by atoms with Gasteiger partial charge in [-0.15, -0.1) is 35.3 Å². The number of hydrogen-bond donors (Lipinski definition) is 2. The van der Waals surface area contributed by atoms with Crippen molar-refractivity contribution in [2.24, 2.45) is 4.99 Å². The molecule has 0 unspecified atom stereocenters. The molecular weight excluding hydrogens is 391 g/mol. The van der Waals surface area contributed by atoms with Crippen molar-refractivity contribution in [2.75, 3.05) is 32.1 Å². The number of aliphatic imine (C=N–C) groups is 1. The second kappa shape index (κ2) is 10.7. The first-order valence-corrected chi connectivity index (χ1v) is 8.24. The fourth-order valence-electron chi connectivity index (χ4n) is 1.59. The van der Waals surface area contributed by atoms with Crippen molar-refractivity contribution >= 4 is 53.0 Å². The van der Waals surface area contributed by atoms with Crippen LogP contribution >= 0.6 is 47.1 Å². The third-order valence-electron chi connectivity index (χ3n) is 2.47. The molecule has 0 atom stereocenters. The number of aryl methyl sites for hydroxylation is 2. The van der Waals surface area contributed by atoms with E-state index in [-0.39, 0.29) is 24.0 Å². The minimum Gasteiger partial charge on any atom is -0.356 e. The summed E-state index contributed by atoms with van der Waals surface area (Å²) < 4.78 is 0. The number of aromatic nitrogens is 1. The van der Waals surface area contributed by atoms with Gasteiger partial charge >= 0.3 is 0 Å². The number of nitrogens with zero attached hydrogens (tertiary/aromatic N) is 2. The lowest BCUT2D eigenvalue weighted by molar-refractivity contribution is 0.814. The molecule has 0 fully saturated rings. The Morgan fingerprint density at radius 2 is 2.00 bits per heavy atom. The van der Waals surface area contributed by atoms with Gasteiger partial charge in [0.05, 0.1) is 10.7 Å². The van der Waals surface area contributed by atoms with Gasteiger partial charge in [0.2, 0.25) is 0 Å². The van der Waals surface area contributed by atoms with Crippen LogP contribution in [0.3, 0.4) is 0 Å². The van der Waals surface area contributed by atoms with E-state index >= 15 is 0 Å². The van der Waals surface area contributed by atoms with Crippen molar-refractivity contribution in [2.45, 2.75) is 20.3 Å². The molecule has 1 heterocycles. The van der Waals surface area contributed by atoms with Gasteiger partial charge in [-0.25, -0.2) is 4.98 Å². The van der Waals surface area contributed by atoms with Gasteiger partial charge in [0.15, 0.2) is 5.96 Å². The van der Waals surface area contributed by atoms with E-state index in [0.717, 1.165) is 41.9 Å². The molecular formula is C12H23IN4S2. The van der Waals surface area contributed by atoms with E-state index in [1.54, 1.807) is 18.4 Å². The maximum atomic E-state index is 4.43.